The lowest BCUT2D eigenvalue weighted by atomic mass is 9.62. The number of aromatic nitrogens is 4. The van der Waals surface area contributed by atoms with Gasteiger partial charge < -0.3 is 13.7 Å². The fourth-order valence-electron chi connectivity index (χ4n) is 8.71. The van der Waals surface area contributed by atoms with E-state index < -0.39 is 5.41 Å². The number of imidazole rings is 1. The van der Waals surface area contributed by atoms with E-state index >= 15 is 0 Å². The molecule has 1 aliphatic heterocycles. The van der Waals surface area contributed by atoms with Gasteiger partial charge in [0.1, 0.15) is 0 Å². The molecule has 0 radical (unpaired) electrons. The van der Waals surface area contributed by atoms with E-state index in [1.807, 2.05) is 6.20 Å². The highest BCUT2D eigenvalue weighted by atomic mass is 15.1. The van der Waals surface area contributed by atoms with Gasteiger partial charge >= 0.3 is 0 Å². The topological polar surface area (TPSA) is 26.6 Å². The summed E-state index contributed by atoms with van der Waals surface area (Å²) >= 11 is 0. The van der Waals surface area contributed by atoms with Gasteiger partial charge in [-0.2, -0.15) is 0 Å². The van der Waals surface area contributed by atoms with Crippen molar-refractivity contribution in [3.05, 3.63) is 192 Å². The van der Waals surface area contributed by atoms with E-state index in [0.29, 0.717) is 0 Å². The third kappa shape index (κ3) is 4.27. The Balaban J connectivity index is 1.35. The van der Waals surface area contributed by atoms with Crippen LogP contribution in [-0.2, 0) is 17.9 Å². The number of hydrogen-bond donors (Lipinski definition) is 0. The zero-order valence-electron chi connectivity index (χ0n) is 29.8. The van der Waals surface area contributed by atoms with Crippen LogP contribution in [0.1, 0.15) is 48.6 Å². The smallest absolute Gasteiger partial charge is 0.244 e. The zero-order valence-corrected chi connectivity index (χ0v) is 29.8. The van der Waals surface area contributed by atoms with Gasteiger partial charge in [-0.15, -0.1) is 0 Å². The molecular weight excluding hydrogens is 633 g/mol. The van der Waals surface area contributed by atoms with Crippen LogP contribution in [0.25, 0.3) is 55.5 Å². The minimum absolute atomic E-state index is 0.00499. The average molecular weight is 671 g/mol. The summed E-state index contributed by atoms with van der Waals surface area (Å²) in [6, 6.07) is 55.8. The summed E-state index contributed by atoms with van der Waals surface area (Å²) < 4.78 is 6.77. The molecule has 250 valence electrons. The first-order valence-corrected chi connectivity index (χ1v) is 18.0. The molecule has 0 saturated heterocycles. The van der Waals surface area contributed by atoms with Crippen molar-refractivity contribution in [2.24, 2.45) is 7.05 Å². The molecule has 0 N–H and O–H groups in total. The van der Waals surface area contributed by atoms with Gasteiger partial charge in [-0.25, -0.2) is 0 Å². The van der Waals surface area contributed by atoms with Crippen LogP contribution in [0.15, 0.2) is 158 Å². The number of rotatable bonds is 4. The maximum absolute atomic E-state index is 4.96. The van der Waals surface area contributed by atoms with E-state index in [2.05, 4.69) is 200 Å². The van der Waals surface area contributed by atoms with E-state index in [1.165, 1.54) is 55.3 Å². The Hall–Kier alpha value is -6.26. The number of para-hydroxylation sites is 4. The fraction of sp³-hybridized carbons (Fsp3) is 0.125. The molecule has 52 heavy (non-hydrogen) atoms. The van der Waals surface area contributed by atoms with E-state index in [9.17, 15) is 0 Å². The molecule has 0 fully saturated rings. The van der Waals surface area contributed by atoms with Gasteiger partial charge in [0.15, 0.2) is 0 Å². The third-order valence-electron chi connectivity index (χ3n) is 11.1. The molecule has 0 saturated carbocycles. The lowest BCUT2D eigenvalue weighted by Crippen LogP contribution is -2.35. The van der Waals surface area contributed by atoms with E-state index in [-0.39, 0.29) is 5.41 Å². The maximum Gasteiger partial charge on any atom is 0.244 e. The van der Waals surface area contributed by atoms with Crippen molar-refractivity contribution in [1.29, 1.82) is 0 Å². The van der Waals surface area contributed by atoms with Gasteiger partial charge in [-0.05, 0) is 63.6 Å². The van der Waals surface area contributed by atoms with Crippen LogP contribution in [0.2, 0.25) is 0 Å². The first-order valence-electron chi connectivity index (χ1n) is 18.0. The number of hydrogen-bond acceptors (Lipinski definition) is 1. The monoisotopic (exact) mass is 670 g/mol. The second kappa shape index (κ2) is 11.1. The Morgan fingerprint density at radius 3 is 2.21 bits per heavy atom. The van der Waals surface area contributed by atoms with Gasteiger partial charge in [0.25, 0.3) is 0 Å². The molecule has 0 bridgehead atoms. The highest BCUT2D eigenvalue weighted by Crippen LogP contribution is 2.55. The lowest BCUT2D eigenvalue weighted by molar-refractivity contribution is -0.649. The van der Waals surface area contributed by atoms with Crippen LogP contribution in [0, 0.1) is 6.33 Å². The second-order valence-corrected chi connectivity index (χ2v) is 15.1. The molecular formula is C48H38N4. The average Bonchev–Trinajstić information content (AvgIpc) is 3.71. The molecule has 10 rings (SSSR count). The predicted octanol–water partition coefficient (Wildman–Crippen LogP) is 10.4. The molecule has 1 unspecified atom stereocenters. The number of benzene rings is 6. The van der Waals surface area contributed by atoms with Crippen molar-refractivity contribution in [3.63, 3.8) is 0 Å². The summed E-state index contributed by atoms with van der Waals surface area (Å²) in [5.74, 6) is 0. The Kier molecular flexibility index (Phi) is 6.53. The van der Waals surface area contributed by atoms with Crippen molar-refractivity contribution in [3.8, 4) is 22.6 Å². The van der Waals surface area contributed by atoms with Crippen LogP contribution in [0.5, 0.6) is 0 Å². The summed E-state index contributed by atoms with van der Waals surface area (Å²) in [7, 11) is 2.06. The normalized spacial score (nSPS) is 15.4. The molecule has 1 aliphatic rings. The SMILES string of the molecule is C[n+]1[c-]n(-c2cccc(C3(c4ccccc4)c4cc(-c5cc(C(C)(C)C)ccn5)ccc4-n4c5ccccc5c5cccc3c54)c2)c2ccccc21. The van der Waals surface area contributed by atoms with Crippen LogP contribution >= 0.6 is 0 Å². The van der Waals surface area contributed by atoms with Crippen molar-refractivity contribution in [1.82, 2.24) is 14.1 Å². The highest BCUT2D eigenvalue weighted by molar-refractivity contribution is 6.12. The number of aryl methyl sites for hydroxylation is 1. The van der Waals surface area contributed by atoms with Crippen molar-refractivity contribution >= 4 is 32.8 Å². The fourth-order valence-corrected chi connectivity index (χ4v) is 8.71. The minimum atomic E-state index is -0.653. The summed E-state index contributed by atoms with van der Waals surface area (Å²) in [4.78, 5) is 4.96. The Morgan fingerprint density at radius 1 is 0.635 bits per heavy atom. The summed E-state index contributed by atoms with van der Waals surface area (Å²) in [5.41, 5.74) is 14.6. The van der Waals surface area contributed by atoms with Crippen LogP contribution in [-0.4, -0.2) is 14.1 Å². The summed E-state index contributed by atoms with van der Waals surface area (Å²) in [6.45, 7) is 6.78. The second-order valence-electron chi connectivity index (χ2n) is 15.1. The Morgan fingerprint density at radius 2 is 1.37 bits per heavy atom. The van der Waals surface area contributed by atoms with Crippen LogP contribution in [0.4, 0.5) is 0 Å². The molecule has 1 atom stereocenters. The molecule has 4 heteroatoms. The maximum atomic E-state index is 4.96. The number of nitrogens with zero attached hydrogens (tertiary/aromatic N) is 4. The largest absolute Gasteiger partial charge is 0.319 e. The van der Waals surface area contributed by atoms with Gasteiger partial charge in [-0.1, -0.05) is 142 Å². The standard InChI is InChI=1S/C48H38N4/c1-47(2,3)34-26-27-49-41(30-34)32-24-25-43-40(28-32)48(33-14-6-5-7-15-33,39-20-13-19-38-37-18-8-9-21-42(37)52(43)46(38)39)35-16-12-17-36(29-35)51-31-50(4)44-22-10-11-23-45(44)51/h5-30H,1-4H3. The van der Waals surface area contributed by atoms with Crippen LogP contribution < -0.4 is 4.57 Å². The quantitative estimate of drug-likeness (QED) is 0.135. The Labute approximate surface area is 303 Å². The molecule has 9 aromatic rings. The first kappa shape index (κ1) is 30.6. The molecule has 4 heterocycles. The van der Waals surface area contributed by atoms with Crippen molar-refractivity contribution in [2.75, 3.05) is 0 Å². The van der Waals surface area contributed by atoms with Crippen LogP contribution in [0.3, 0.4) is 0 Å². The van der Waals surface area contributed by atoms with E-state index in [0.717, 1.165) is 28.0 Å². The zero-order chi connectivity index (χ0) is 35.2. The molecule has 3 aromatic heterocycles. The third-order valence-corrected chi connectivity index (χ3v) is 11.1. The van der Waals surface area contributed by atoms with Gasteiger partial charge in [-0.3, -0.25) is 4.98 Å². The highest BCUT2D eigenvalue weighted by Gasteiger charge is 2.45. The first-order chi connectivity index (χ1) is 25.3. The summed E-state index contributed by atoms with van der Waals surface area (Å²) in [5, 5.41) is 2.52. The van der Waals surface area contributed by atoms with Gasteiger partial charge in [0, 0.05) is 22.5 Å². The summed E-state index contributed by atoms with van der Waals surface area (Å²) in [6.07, 6.45) is 5.55. The molecule has 6 aromatic carbocycles. The van der Waals surface area contributed by atoms with Crippen molar-refractivity contribution < 1.29 is 4.57 Å². The van der Waals surface area contributed by atoms with E-state index in [4.69, 9.17) is 4.98 Å². The molecule has 4 nitrogen and oxygen atoms in total. The van der Waals surface area contributed by atoms with Gasteiger partial charge in [0.2, 0.25) is 6.33 Å². The molecule has 0 spiro atoms. The predicted molar refractivity (Wildman–Crippen MR) is 211 cm³/mol. The minimum Gasteiger partial charge on any atom is -0.319 e. The lowest BCUT2D eigenvalue weighted by Gasteiger charge is -2.42. The Bertz CT molecular complexity index is 2850. The molecule has 0 amide bonds. The molecule has 0 aliphatic carbocycles. The van der Waals surface area contributed by atoms with Crippen molar-refractivity contribution in [2.45, 2.75) is 31.6 Å². The van der Waals surface area contributed by atoms with E-state index in [1.54, 1.807) is 0 Å². The van der Waals surface area contributed by atoms with Gasteiger partial charge in [0.05, 0.1) is 51.6 Å². The number of fused-ring (bicyclic) bond motifs is 6. The number of pyridine rings is 1.